The third-order valence-corrected chi connectivity index (χ3v) is 8.81. The van der Waals surface area contributed by atoms with Crippen molar-refractivity contribution in [1.82, 2.24) is 0 Å². The highest BCUT2D eigenvalue weighted by molar-refractivity contribution is 7.85. The summed E-state index contributed by atoms with van der Waals surface area (Å²) in [4.78, 5) is 10.9. The first-order valence-corrected chi connectivity index (χ1v) is 15.3. The predicted molar refractivity (Wildman–Crippen MR) is 154 cm³/mol. The van der Waals surface area contributed by atoms with E-state index < -0.39 is 23.8 Å². The van der Waals surface area contributed by atoms with Gasteiger partial charge < -0.3 is 4.90 Å². The number of nitrogens with zero attached hydrogens (tertiary/aromatic N) is 2. The van der Waals surface area contributed by atoms with Crippen LogP contribution < -0.4 is 4.90 Å². The van der Waals surface area contributed by atoms with E-state index in [4.69, 9.17) is 9.42 Å². The smallest absolute Gasteiger partial charge is 0.344 e. The van der Waals surface area contributed by atoms with Gasteiger partial charge in [0.2, 0.25) is 5.69 Å². The van der Waals surface area contributed by atoms with E-state index in [1.807, 2.05) is 44.2 Å². The molecule has 2 aliphatic heterocycles. The van der Waals surface area contributed by atoms with E-state index in [2.05, 4.69) is 54.6 Å². The lowest BCUT2D eigenvalue weighted by atomic mass is 9.81. The van der Waals surface area contributed by atoms with Crippen molar-refractivity contribution in [2.75, 3.05) is 25.1 Å². The van der Waals surface area contributed by atoms with Crippen LogP contribution in [0, 0.1) is 0 Å². The van der Waals surface area contributed by atoms with Gasteiger partial charge >= 0.3 is 8.25 Å². The van der Waals surface area contributed by atoms with E-state index in [0.717, 1.165) is 16.9 Å². The van der Waals surface area contributed by atoms with Gasteiger partial charge in [0, 0.05) is 45.6 Å². The van der Waals surface area contributed by atoms with Crippen LogP contribution in [0.1, 0.15) is 45.2 Å². The fourth-order valence-electron chi connectivity index (χ4n) is 5.58. The predicted octanol–water partition coefficient (Wildman–Crippen LogP) is 5.79. The third kappa shape index (κ3) is 5.69. The van der Waals surface area contributed by atoms with Crippen LogP contribution in [-0.2, 0) is 30.0 Å². The Morgan fingerprint density at radius 1 is 1.03 bits per heavy atom. The number of allylic oxidation sites excluding steroid dienone is 6. The van der Waals surface area contributed by atoms with Crippen molar-refractivity contribution < 1.29 is 31.5 Å². The molecule has 2 heterocycles. The maximum atomic E-state index is 11.8. The monoisotopic (exact) mass is 570 g/mol. The number of benzene rings is 2. The van der Waals surface area contributed by atoms with Crippen LogP contribution in [0.3, 0.4) is 0 Å². The zero-order valence-corrected chi connectivity index (χ0v) is 24.5. The van der Waals surface area contributed by atoms with Gasteiger partial charge in [-0.1, -0.05) is 50.3 Å². The van der Waals surface area contributed by atoms with E-state index >= 15 is 0 Å². The Morgan fingerprint density at radius 3 is 2.41 bits per heavy atom. The molecule has 0 fully saturated rings. The summed E-state index contributed by atoms with van der Waals surface area (Å²) in [6, 6.07) is 13.0. The van der Waals surface area contributed by atoms with E-state index in [1.54, 1.807) is 6.07 Å². The Bertz CT molecular complexity index is 1540. The van der Waals surface area contributed by atoms with Gasteiger partial charge in [0.05, 0.1) is 10.3 Å². The minimum Gasteiger partial charge on any atom is -0.344 e. The van der Waals surface area contributed by atoms with Crippen LogP contribution in [0.4, 0.5) is 11.4 Å². The lowest BCUT2D eigenvalue weighted by molar-refractivity contribution is -0.401. The summed E-state index contributed by atoms with van der Waals surface area (Å²) in [5.74, 6) is 0. The first kappa shape index (κ1) is 29.1. The minimum atomic E-state index is -4.35. The first-order chi connectivity index (χ1) is 18.3. The topological polar surface area (TPSA) is 107 Å². The van der Waals surface area contributed by atoms with Gasteiger partial charge in [-0.15, -0.1) is 9.42 Å². The molecule has 1 unspecified atom stereocenters. The summed E-state index contributed by atoms with van der Waals surface area (Å²) in [6.07, 6.45) is 10.5. The third-order valence-electron chi connectivity index (χ3n) is 7.56. The van der Waals surface area contributed by atoms with Crippen LogP contribution in [0.15, 0.2) is 83.4 Å². The lowest BCUT2D eigenvalue weighted by Crippen LogP contribution is -2.27. The molecule has 2 aliphatic rings. The lowest BCUT2D eigenvalue weighted by Gasteiger charge is -2.26. The summed E-state index contributed by atoms with van der Waals surface area (Å²) < 4.78 is 51.2. The number of para-hydroxylation sites is 1. The molecule has 0 saturated carbocycles. The van der Waals surface area contributed by atoms with Gasteiger partial charge in [0.25, 0.3) is 10.1 Å². The molecule has 0 amide bonds. The van der Waals surface area contributed by atoms with Crippen LogP contribution in [0.2, 0.25) is 0 Å². The first-order valence-electron chi connectivity index (χ1n) is 12.7. The van der Waals surface area contributed by atoms with E-state index in [1.165, 1.54) is 29.1 Å². The molecular weight excluding hydrogens is 535 g/mol. The van der Waals surface area contributed by atoms with Crippen molar-refractivity contribution >= 4 is 35.5 Å². The van der Waals surface area contributed by atoms with Gasteiger partial charge in [-0.3, -0.25) is 4.55 Å². The molecule has 2 aromatic rings. The molecule has 0 aromatic heterocycles. The molecule has 8 nitrogen and oxygen atoms in total. The summed E-state index contributed by atoms with van der Waals surface area (Å²) in [5, 5.41) is 0. The molecular formula is C29H35N2O6PS+2. The highest BCUT2D eigenvalue weighted by atomic mass is 32.2. The van der Waals surface area contributed by atoms with Crippen LogP contribution in [-0.4, -0.2) is 48.4 Å². The SMILES string of the molecule is C[N+]1=C(C=CC=CC=C2N(CCCO[P+](=O)O)c3ccc(S(=O)(=O)O)cc3C2(C)C)C(C)(C)c2ccccc21. The standard InChI is InChI=1S/C29H33N2O6PS/c1-28(2)22-12-9-10-13-24(22)30(5)26(28)14-7-6-8-15-27-29(3,4)23-20-21(39(34,35)36)16-17-25(23)31(27)18-11-19-37-38(32)33/h6-10,12-17,20H,11,18-19H2,1-5H3/p+2. The Balaban J connectivity index is 1.62. The van der Waals surface area contributed by atoms with Gasteiger partial charge in [-0.2, -0.15) is 13.0 Å². The van der Waals surface area contributed by atoms with E-state index in [9.17, 15) is 17.5 Å². The van der Waals surface area contributed by atoms with Gasteiger partial charge in [0.15, 0.2) is 5.71 Å². The summed E-state index contributed by atoms with van der Waals surface area (Å²) in [5.41, 5.74) is 5.52. The molecule has 0 aliphatic carbocycles. The largest absolute Gasteiger partial charge is 0.694 e. The zero-order chi connectivity index (χ0) is 28.6. The maximum absolute atomic E-state index is 11.8. The number of rotatable bonds is 9. The Kier molecular flexibility index (Phi) is 8.13. The molecule has 10 heteroatoms. The second-order valence-corrected chi connectivity index (χ2v) is 12.9. The zero-order valence-electron chi connectivity index (χ0n) is 22.8. The fourth-order valence-corrected chi connectivity index (χ4v) is 6.37. The molecule has 1 atom stereocenters. The van der Waals surface area contributed by atoms with Crippen molar-refractivity contribution in [3.05, 3.63) is 89.7 Å². The Hall–Kier alpha value is -2.94. The molecule has 2 N–H and O–H groups in total. The normalized spacial score (nSPS) is 19.4. The second kappa shape index (κ2) is 10.9. The van der Waals surface area contributed by atoms with Crippen molar-refractivity contribution in [2.45, 2.75) is 49.8 Å². The van der Waals surface area contributed by atoms with Gasteiger partial charge in [-0.05, 0) is 50.1 Å². The second-order valence-electron chi connectivity index (χ2n) is 10.7. The summed E-state index contributed by atoms with van der Waals surface area (Å²) in [6.45, 7) is 9.04. The van der Waals surface area contributed by atoms with Crippen molar-refractivity contribution in [3.63, 3.8) is 0 Å². The molecule has 0 bridgehead atoms. The molecule has 4 rings (SSSR count). The Morgan fingerprint density at radius 2 is 1.74 bits per heavy atom. The van der Waals surface area contributed by atoms with Gasteiger partial charge in [0.1, 0.15) is 13.7 Å². The molecule has 0 saturated heterocycles. The van der Waals surface area contributed by atoms with Crippen LogP contribution in [0.25, 0.3) is 0 Å². The molecule has 0 radical (unpaired) electrons. The number of fused-ring (bicyclic) bond motifs is 2. The van der Waals surface area contributed by atoms with Crippen molar-refractivity contribution in [1.29, 1.82) is 0 Å². The average molecular weight is 571 g/mol. The minimum absolute atomic E-state index is 0.108. The molecule has 39 heavy (non-hydrogen) atoms. The summed E-state index contributed by atoms with van der Waals surface area (Å²) >= 11 is 0. The van der Waals surface area contributed by atoms with Crippen molar-refractivity contribution in [2.24, 2.45) is 0 Å². The van der Waals surface area contributed by atoms with Crippen LogP contribution in [0.5, 0.6) is 0 Å². The Labute approximate surface area is 231 Å². The average Bonchev–Trinajstić information content (AvgIpc) is 3.19. The number of hydrogen-bond acceptors (Lipinski definition) is 5. The number of hydrogen-bond donors (Lipinski definition) is 2. The maximum Gasteiger partial charge on any atom is 0.694 e. The van der Waals surface area contributed by atoms with Crippen molar-refractivity contribution in [3.8, 4) is 0 Å². The molecule has 2 aromatic carbocycles. The van der Waals surface area contributed by atoms with Crippen LogP contribution >= 0.6 is 8.25 Å². The molecule has 206 valence electrons. The quantitative estimate of drug-likeness (QED) is 0.129. The van der Waals surface area contributed by atoms with Gasteiger partial charge in [-0.25, -0.2) is 0 Å². The molecule has 0 spiro atoms. The summed E-state index contributed by atoms with van der Waals surface area (Å²) in [7, 11) is -4.95. The fraction of sp³-hybridized carbons (Fsp3) is 0.345. The van der Waals surface area contributed by atoms with E-state index in [-0.39, 0.29) is 16.9 Å². The van der Waals surface area contributed by atoms with E-state index in [0.29, 0.717) is 13.0 Å². The highest BCUT2D eigenvalue weighted by Crippen LogP contribution is 2.48. The number of anilines is 1. The highest BCUT2D eigenvalue weighted by Gasteiger charge is 2.42.